The normalized spacial score (nSPS) is 13.8. The molecule has 0 amide bonds. The van der Waals surface area contributed by atoms with E-state index in [9.17, 15) is 8.42 Å². The minimum absolute atomic E-state index is 0.342. The van der Waals surface area contributed by atoms with Crippen LogP contribution in [0.2, 0.25) is 0 Å². The summed E-state index contributed by atoms with van der Waals surface area (Å²) >= 11 is 1.64. The highest BCUT2D eigenvalue weighted by molar-refractivity contribution is 8.00. The Labute approximate surface area is 95.0 Å². The molecule has 15 heavy (non-hydrogen) atoms. The van der Waals surface area contributed by atoms with Crippen molar-refractivity contribution in [1.82, 2.24) is 0 Å². The van der Waals surface area contributed by atoms with E-state index in [1.54, 1.807) is 23.9 Å². The van der Waals surface area contributed by atoms with Crippen molar-refractivity contribution in [3.05, 3.63) is 24.3 Å². The summed E-state index contributed by atoms with van der Waals surface area (Å²) in [6, 6.07) is 6.88. The zero-order valence-corrected chi connectivity index (χ0v) is 10.4. The van der Waals surface area contributed by atoms with Gasteiger partial charge in [-0.1, -0.05) is 6.92 Å². The van der Waals surface area contributed by atoms with Crippen molar-refractivity contribution < 1.29 is 8.42 Å². The number of benzene rings is 1. The van der Waals surface area contributed by atoms with Crippen LogP contribution in [0, 0.1) is 0 Å². The Kier molecular flexibility index (Phi) is 4.19. The molecule has 0 fully saturated rings. The first-order chi connectivity index (χ1) is 6.93. The first-order valence-electron chi connectivity index (χ1n) is 4.60. The van der Waals surface area contributed by atoms with E-state index in [1.165, 1.54) is 6.26 Å². The van der Waals surface area contributed by atoms with Crippen LogP contribution in [-0.4, -0.2) is 26.5 Å². The average molecular weight is 245 g/mol. The molecule has 1 aromatic rings. The SMILES string of the molecule is CC(CN)Sc1ccc(S(C)(=O)=O)cc1. The van der Waals surface area contributed by atoms with Crippen LogP contribution in [0.25, 0.3) is 0 Å². The second-order valence-electron chi connectivity index (χ2n) is 3.41. The number of hydrogen-bond acceptors (Lipinski definition) is 4. The number of rotatable bonds is 4. The maximum atomic E-state index is 11.2. The van der Waals surface area contributed by atoms with Crippen molar-refractivity contribution in [3.63, 3.8) is 0 Å². The molecule has 0 radical (unpaired) electrons. The summed E-state index contributed by atoms with van der Waals surface area (Å²) in [5.74, 6) is 0. The molecule has 0 saturated heterocycles. The lowest BCUT2D eigenvalue weighted by Crippen LogP contribution is -2.12. The van der Waals surface area contributed by atoms with E-state index in [-0.39, 0.29) is 0 Å². The molecule has 0 aromatic heterocycles. The molecule has 84 valence electrons. The quantitative estimate of drug-likeness (QED) is 0.817. The molecule has 0 bridgehead atoms. The summed E-state index contributed by atoms with van der Waals surface area (Å²) in [4.78, 5) is 1.40. The Morgan fingerprint density at radius 3 is 2.27 bits per heavy atom. The third kappa shape index (κ3) is 3.85. The fourth-order valence-electron chi connectivity index (χ4n) is 1.05. The van der Waals surface area contributed by atoms with Crippen LogP contribution in [0.5, 0.6) is 0 Å². The molecule has 0 aliphatic carbocycles. The van der Waals surface area contributed by atoms with Crippen LogP contribution in [-0.2, 0) is 9.84 Å². The van der Waals surface area contributed by atoms with Crippen molar-refractivity contribution >= 4 is 21.6 Å². The molecule has 0 heterocycles. The number of nitrogens with two attached hydrogens (primary N) is 1. The maximum Gasteiger partial charge on any atom is 0.175 e. The lowest BCUT2D eigenvalue weighted by Gasteiger charge is -2.08. The van der Waals surface area contributed by atoms with Gasteiger partial charge in [0.15, 0.2) is 9.84 Å². The maximum absolute atomic E-state index is 11.2. The molecule has 0 spiro atoms. The van der Waals surface area contributed by atoms with Gasteiger partial charge in [-0.25, -0.2) is 8.42 Å². The number of thioether (sulfide) groups is 1. The number of sulfone groups is 1. The highest BCUT2D eigenvalue weighted by Gasteiger charge is 2.07. The summed E-state index contributed by atoms with van der Waals surface area (Å²) in [6.45, 7) is 2.65. The Hall–Kier alpha value is -0.520. The fraction of sp³-hybridized carbons (Fsp3) is 0.400. The molecule has 2 N–H and O–H groups in total. The molecular formula is C10H15NO2S2. The first kappa shape index (κ1) is 12.5. The molecular weight excluding hydrogens is 230 g/mol. The monoisotopic (exact) mass is 245 g/mol. The van der Waals surface area contributed by atoms with E-state index >= 15 is 0 Å². The topological polar surface area (TPSA) is 60.2 Å². The molecule has 3 nitrogen and oxygen atoms in total. The minimum Gasteiger partial charge on any atom is -0.329 e. The average Bonchev–Trinajstić information content (AvgIpc) is 2.17. The molecule has 1 rings (SSSR count). The van der Waals surface area contributed by atoms with Gasteiger partial charge in [-0.15, -0.1) is 11.8 Å². The van der Waals surface area contributed by atoms with Gasteiger partial charge < -0.3 is 5.73 Å². The summed E-state index contributed by atoms with van der Waals surface area (Å²) in [5, 5.41) is 0.342. The second-order valence-corrected chi connectivity index (χ2v) is 6.94. The summed E-state index contributed by atoms with van der Waals surface area (Å²) < 4.78 is 22.4. The summed E-state index contributed by atoms with van der Waals surface area (Å²) in [7, 11) is -3.09. The molecule has 0 saturated carbocycles. The van der Waals surface area contributed by atoms with Gasteiger partial charge in [0.1, 0.15) is 0 Å². The second kappa shape index (κ2) is 5.01. The van der Waals surface area contributed by atoms with Gasteiger partial charge >= 0.3 is 0 Å². The lowest BCUT2D eigenvalue weighted by atomic mass is 10.4. The Balaban J connectivity index is 2.82. The van der Waals surface area contributed by atoms with E-state index in [0.717, 1.165) is 4.90 Å². The van der Waals surface area contributed by atoms with Gasteiger partial charge in [0.05, 0.1) is 4.90 Å². The van der Waals surface area contributed by atoms with Gasteiger partial charge in [0, 0.05) is 22.9 Å². The third-order valence-electron chi connectivity index (χ3n) is 1.92. The van der Waals surface area contributed by atoms with Gasteiger partial charge in [-0.3, -0.25) is 0 Å². The van der Waals surface area contributed by atoms with Crippen molar-refractivity contribution in [2.24, 2.45) is 5.73 Å². The van der Waals surface area contributed by atoms with E-state index in [2.05, 4.69) is 0 Å². The van der Waals surface area contributed by atoms with Crippen LogP contribution in [0.15, 0.2) is 34.1 Å². The predicted octanol–water partition coefficient (Wildman–Crippen LogP) is 1.53. The highest BCUT2D eigenvalue weighted by atomic mass is 32.2. The summed E-state index contributed by atoms with van der Waals surface area (Å²) in [5.41, 5.74) is 5.50. The molecule has 1 atom stereocenters. The lowest BCUT2D eigenvalue weighted by molar-refractivity contribution is 0.602. The van der Waals surface area contributed by atoms with Crippen LogP contribution in [0.4, 0.5) is 0 Å². The van der Waals surface area contributed by atoms with Gasteiger partial charge in [-0.2, -0.15) is 0 Å². The molecule has 5 heteroatoms. The van der Waals surface area contributed by atoms with E-state index in [4.69, 9.17) is 5.73 Å². The van der Waals surface area contributed by atoms with Crippen molar-refractivity contribution in [2.45, 2.75) is 22.0 Å². The molecule has 0 aliphatic rings. The van der Waals surface area contributed by atoms with Crippen LogP contribution in [0.3, 0.4) is 0 Å². The zero-order chi connectivity index (χ0) is 11.5. The van der Waals surface area contributed by atoms with Crippen LogP contribution < -0.4 is 5.73 Å². The Bertz CT molecular complexity index is 412. The third-order valence-corrected chi connectivity index (χ3v) is 4.19. The zero-order valence-electron chi connectivity index (χ0n) is 8.80. The first-order valence-corrected chi connectivity index (χ1v) is 7.37. The van der Waals surface area contributed by atoms with E-state index in [1.807, 2.05) is 19.1 Å². The van der Waals surface area contributed by atoms with Crippen molar-refractivity contribution in [2.75, 3.05) is 12.8 Å². The van der Waals surface area contributed by atoms with Gasteiger partial charge in [0.2, 0.25) is 0 Å². The van der Waals surface area contributed by atoms with Gasteiger partial charge in [-0.05, 0) is 24.3 Å². The Morgan fingerprint density at radius 1 is 1.33 bits per heavy atom. The van der Waals surface area contributed by atoms with Crippen molar-refractivity contribution in [3.8, 4) is 0 Å². The fourth-order valence-corrected chi connectivity index (χ4v) is 2.53. The predicted molar refractivity (Wildman–Crippen MR) is 63.9 cm³/mol. The van der Waals surface area contributed by atoms with Crippen LogP contribution in [0.1, 0.15) is 6.92 Å². The Morgan fingerprint density at radius 2 is 1.87 bits per heavy atom. The van der Waals surface area contributed by atoms with Crippen molar-refractivity contribution in [1.29, 1.82) is 0 Å². The summed E-state index contributed by atoms with van der Waals surface area (Å²) in [6.07, 6.45) is 1.21. The molecule has 1 unspecified atom stereocenters. The molecule has 0 aliphatic heterocycles. The van der Waals surface area contributed by atoms with Gasteiger partial charge in [0.25, 0.3) is 0 Å². The van der Waals surface area contributed by atoms with E-state index in [0.29, 0.717) is 16.7 Å². The smallest absolute Gasteiger partial charge is 0.175 e. The highest BCUT2D eigenvalue weighted by Crippen LogP contribution is 2.23. The largest absolute Gasteiger partial charge is 0.329 e. The van der Waals surface area contributed by atoms with E-state index < -0.39 is 9.84 Å². The van der Waals surface area contributed by atoms with Crippen LogP contribution >= 0.6 is 11.8 Å². The molecule has 1 aromatic carbocycles. The standard InChI is InChI=1S/C10H15NO2S2/c1-8(7-11)14-9-3-5-10(6-4-9)15(2,12)13/h3-6,8H,7,11H2,1-2H3. The number of hydrogen-bond donors (Lipinski definition) is 1. The minimum atomic E-state index is -3.09.